The molecule has 0 aliphatic carbocycles. The van der Waals surface area contributed by atoms with Crippen molar-refractivity contribution in [3.8, 4) is 0 Å². The molecule has 7 amide bonds. The summed E-state index contributed by atoms with van der Waals surface area (Å²) in [5.74, 6) is -3.22. The maximum Gasteiger partial charge on any atom is 0.328 e. The molecule has 0 aromatic carbocycles. The summed E-state index contributed by atoms with van der Waals surface area (Å²) >= 11 is 4.22. The summed E-state index contributed by atoms with van der Waals surface area (Å²) in [6, 6.07) is -5.31. The van der Waals surface area contributed by atoms with Crippen LogP contribution in [0.15, 0.2) is 0 Å². The first-order chi connectivity index (χ1) is 21.4. The smallest absolute Gasteiger partial charge is 0.328 e. The summed E-state index contributed by atoms with van der Waals surface area (Å²) in [5.41, 5.74) is 10.8. The molecule has 0 spiro atoms. The van der Waals surface area contributed by atoms with Gasteiger partial charge < -0.3 is 37.1 Å². The fourth-order valence-corrected chi connectivity index (χ4v) is 6.03. The molecule has 7 N–H and O–H groups in total. The van der Waals surface area contributed by atoms with Crippen molar-refractivity contribution in [2.24, 2.45) is 17.4 Å². The third kappa shape index (κ3) is 9.53. The Morgan fingerprint density at radius 3 is 2.29 bits per heavy atom. The predicted octanol–water partition coefficient (Wildman–Crippen LogP) is -2.31. The largest absolute Gasteiger partial charge is 0.464 e. The van der Waals surface area contributed by atoms with Crippen LogP contribution >= 0.6 is 12.6 Å². The first-order valence-corrected chi connectivity index (χ1v) is 16.0. The van der Waals surface area contributed by atoms with E-state index in [-0.39, 0.29) is 43.7 Å². The van der Waals surface area contributed by atoms with E-state index in [1.807, 2.05) is 18.7 Å². The minimum atomic E-state index is -1.18. The number of nitrogens with zero attached hydrogens (tertiary/aromatic N) is 3. The first kappa shape index (κ1) is 36.0. The third-order valence-corrected chi connectivity index (χ3v) is 8.47. The van der Waals surface area contributed by atoms with Crippen LogP contribution in [0.1, 0.15) is 52.4 Å². The third-order valence-electron chi connectivity index (χ3n) is 8.12. The molecule has 3 rings (SSSR count). The highest BCUT2D eigenvalue weighted by molar-refractivity contribution is 7.80. The van der Waals surface area contributed by atoms with Gasteiger partial charge in [-0.1, -0.05) is 13.8 Å². The standard InChI is InChI=1S/C28H46N8O8S/c1-16(2)13-20(24(39)31-17(5-3-4-7-29)23(38)32-18-6-12-44-27(18)42)34-8-10-35(11-9-34)26(41)21(15-45)36-25(40)19(14-22(30)37)33-28(36)43/h16-21,45H,3-15,29H2,1-2H3,(H2,30,37)(H,31,39)(H,32,38)(H,33,43)/t17?,18?,19-,20?,21?/m1/s1. The Morgan fingerprint density at radius 2 is 1.73 bits per heavy atom. The Labute approximate surface area is 268 Å². The highest BCUT2D eigenvalue weighted by Crippen LogP contribution is 2.20. The second kappa shape index (κ2) is 16.7. The number of nitrogens with two attached hydrogens (primary N) is 2. The van der Waals surface area contributed by atoms with E-state index in [0.29, 0.717) is 51.7 Å². The van der Waals surface area contributed by atoms with E-state index in [1.165, 1.54) is 4.90 Å². The summed E-state index contributed by atoms with van der Waals surface area (Å²) in [6.07, 6.45) is 2.10. The van der Waals surface area contributed by atoms with Crippen molar-refractivity contribution in [1.82, 2.24) is 30.7 Å². The van der Waals surface area contributed by atoms with Crippen LogP contribution in [0.3, 0.4) is 0 Å². The van der Waals surface area contributed by atoms with Crippen molar-refractivity contribution < 1.29 is 38.3 Å². The number of unbranched alkanes of at least 4 members (excludes halogenated alkanes) is 1. The molecule has 0 radical (unpaired) electrons. The van der Waals surface area contributed by atoms with E-state index >= 15 is 0 Å². The number of thiol groups is 1. The average Bonchev–Trinajstić information content (AvgIpc) is 3.51. The molecule has 3 fully saturated rings. The van der Waals surface area contributed by atoms with E-state index in [9.17, 15) is 33.6 Å². The van der Waals surface area contributed by atoms with Crippen LogP contribution in [0.25, 0.3) is 0 Å². The number of ether oxygens (including phenoxy) is 1. The average molecular weight is 655 g/mol. The van der Waals surface area contributed by atoms with E-state index < -0.39 is 65.8 Å². The Hall–Kier alpha value is -3.44. The summed E-state index contributed by atoms with van der Waals surface area (Å²) in [6.45, 7) is 5.75. The maximum atomic E-state index is 13.7. The van der Waals surface area contributed by atoms with E-state index in [1.54, 1.807) is 0 Å². The first-order valence-electron chi connectivity index (χ1n) is 15.4. The number of urea groups is 1. The predicted molar refractivity (Wildman–Crippen MR) is 164 cm³/mol. The van der Waals surface area contributed by atoms with Gasteiger partial charge in [0.25, 0.3) is 5.91 Å². The second-order valence-electron chi connectivity index (χ2n) is 11.9. The Kier molecular flexibility index (Phi) is 13.4. The van der Waals surface area contributed by atoms with Crippen molar-refractivity contribution in [1.29, 1.82) is 0 Å². The fraction of sp³-hybridized carbons (Fsp3) is 0.750. The molecule has 17 heteroatoms. The van der Waals surface area contributed by atoms with Crippen molar-refractivity contribution in [3.63, 3.8) is 0 Å². The van der Waals surface area contributed by atoms with Gasteiger partial charge in [-0.05, 0) is 38.1 Å². The summed E-state index contributed by atoms with van der Waals surface area (Å²) in [4.78, 5) is 93.1. The summed E-state index contributed by atoms with van der Waals surface area (Å²) < 4.78 is 4.94. The number of amides is 7. The number of esters is 1. The highest BCUT2D eigenvalue weighted by Gasteiger charge is 2.46. The fourth-order valence-electron chi connectivity index (χ4n) is 5.72. The maximum absolute atomic E-state index is 13.7. The molecule has 0 saturated carbocycles. The lowest BCUT2D eigenvalue weighted by atomic mass is 9.99. The van der Waals surface area contributed by atoms with Crippen LogP contribution in [0.4, 0.5) is 4.79 Å². The SMILES string of the molecule is CC(C)CC(C(=O)NC(CCCCN)C(=O)NC1CCOC1=O)N1CCN(C(=O)C(CS)N2C(=O)N[C@H](CC(N)=O)C2=O)CC1. The lowest BCUT2D eigenvalue weighted by Crippen LogP contribution is -2.61. The van der Waals surface area contributed by atoms with Gasteiger partial charge in [-0.2, -0.15) is 12.6 Å². The van der Waals surface area contributed by atoms with E-state index in [2.05, 4.69) is 28.6 Å². The van der Waals surface area contributed by atoms with Gasteiger partial charge in [-0.15, -0.1) is 0 Å². The zero-order valence-corrected chi connectivity index (χ0v) is 26.8. The molecule has 16 nitrogen and oxygen atoms in total. The number of imide groups is 1. The number of carbonyl (C=O) groups is 7. The molecule has 45 heavy (non-hydrogen) atoms. The van der Waals surface area contributed by atoms with Gasteiger partial charge in [0, 0.05) is 38.4 Å². The van der Waals surface area contributed by atoms with Crippen molar-refractivity contribution >= 4 is 54.2 Å². The zero-order valence-electron chi connectivity index (χ0n) is 25.9. The van der Waals surface area contributed by atoms with Gasteiger partial charge in [-0.25, -0.2) is 14.5 Å². The molecule has 5 atom stereocenters. The molecule has 0 bridgehead atoms. The van der Waals surface area contributed by atoms with Gasteiger partial charge in [-0.3, -0.25) is 28.9 Å². The van der Waals surface area contributed by atoms with Crippen molar-refractivity contribution in [2.45, 2.75) is 82.6 Å². The number of hydrogen-bond acceptors (Lipinski definition) is 11. The zero-order chi connectivity index (χ0) is 33.3. The molecular formula is C28H46N8O8S. The Morgan fingerprint density at radius 1 is 1.04 bits per heavy atom. The molecule has 3 saturated heterocycles. The number of rotatable bonds is 16. The minimum Gasteiger partial charge on any atom is -0.464 e. The van der Waals surface area contributed by atoms with Crippen LogP contribution in [0.2, 0.25) is 0 Å². The molecule has 3 heterocycles. The number of carbonyl (C=O) groups excluding carboxylic acids is 7. The molecule has 0 aromatic rings. The van der Waals surface area contributed by atoms with Crippen molar-refractivity contribution in [2.75, 3.05) is 45.1 Å². The van der Waals surface area contributed by atoms with E-state index in [4.69, 9.17) is 16.2 Å². The Bertz CT molecular complexity index is 1130. The minimum absolute atomic E-state index is 0.119. The summed E-state index contributed by atoms with van der Waals surface area (Å²) in [7, 11) is 0. The molecular weight excluding hydrogens is 608 g/mol. The van der Waals surface area contributed by atoms with Crippen LogP contribution in [0.5, 0.6) is 0 Å². The second-order valence-corrected chi connectivity index (χ2v) is 12.3. The van der Waals surface area contributed by atoms with Gasteiger partial charge in [0.15, 0.2) is 0 Å². The number of cyclic esters (lactones) is 1. The monoisotopic (exact) mass is 654 g/mol. The van der Waals surface area contributed by atoms with Gasteiger partial charge in [0.05, 0.1) is 19.1 Å². The van der Waals surface area contributed by atoms with Crippen LogP contribution < -0.4 is 27.4 Å². The molecule has 0 aromatic heterocycles. The normalized spacial score (nSPS) is 22.6. The topological polar surface area (TPSA) is 227 Å². The van der Waals surface area contributed by atoms with Gasteiger partial charge in [0.1, 0.15) is 24.2 Å². The highest BCUT2D eigenvalue weighted by atomic mass is 32.1. The van der Waals surface area contributed by atoms with Crippen LogP contribution in [-0.4, -0.2) is 132 Å². The molecule has 4 unspecified atom stereocenters. The quantitative estimate of drug-likeness (QED) is 0.0451. The lowest BCUT2D eigenvalue weighted by Gasteiger charge is -2.41. The van der Waals surface area contributed by atoms with Crippen molar-refractivity contribution in [3.05, 3.63) is 0 Å². The molecule has 3 aliphatic rings. The van der Waals surface area contributed by atoms with Crippen LogP contribution in [-0.2, 0) is 33.5 Å². The Balaban J connectivity index is 1.66. The van der Waals surface area contributed by atoms with Gasteiger partial charge >= 0.3 is 12.0 Å². The summed E-state index contributed by atoms with van der Waals surface area (Å²) in [5, 5.41) is 7.98. The number of piperazine rings is 1. The van der Waals surface area contributed by atoms with E-state index in [0.717, 1.165) is 4.90 Å². The number of hydrogen-bond donors (Lipinski definition) is 6. The number of nitrogens with one attached hydrogen (secondary N) is 3. The lowest BCUT2D eigenvalue weighted by molar-refractivity contribution is -0.143. The van der Waals surface area contributed by atoms with Crippen LogP contribution in [0, 0.1) is 5.92 Å². The van der Waals surface area contributed by atoms with Gasteiger partial charge in [0.2, 0.25) is 23.6 Å². The number of primary amides is 1. The molecule has 252 valence electrons. The molecule has 3 aliphatic heterocycles.